The van der Waals surface area contributed by atoms with Crippen molar-refractivity contribution >= 4 is 31.6 Å². The number of fused-ring (bicyclic) bond motifs is 1. The Morgan fingerprint density at radius 2 is 2.18 bits per heavy atom. The fourth-order valence-electron chi connectivity index (χ4n) is 2.82. The molecule has 6 nitrogen and oxygen atoms in total. The maximum absolute atomic E-state index is 12.7. The zero-order chi connectivity index (χ0) is 15.2. The van der Waals surface area contributed by atoms with Crippen LogP contribution in [0.1, 0.15) is 23.9 Å². The predicted molar refractivity (Wildman–Crippen MR) is 84.1 cm³/mol. The molecular weight excluding hydrogens is 320 g/mol. The summed E-state index contributed by atoms with van der Waals surface area (Å²) in [5.74, 6) is 0. The van der Waals surface area contributed by atoms with Crippen LogP contribution in [0.2, 0.25) is 0 Å². The molecule has 1 aliphatic rings. The molecule has 0 unspecified atom stereocenters. The van der Waals surface area contributed by atoms with E-state index in [-0.39, 0.29) is 10.9 Å². The zero-order valence-corrected chi connectivity index (χ0v) is 13.3. The Labute approximate surface area is 131 Å². The van der Waals surface area contributed by atoms with Crippen LogP contribution in [0.5, 0.6) is 0 Å². The molecular formula is C14H14N4O2S2. The van der Waals surface area contributed by atoms with E-state index in [1.807, 2.05) is 24.3 Å². The normalized spacial score (nSPS) is 19.9. The van der Waals surface area contributed by atoms with Crippen LogP contribution in [-0.4, -0.2) is 34.4 Å². The van der Waals surface area contributed by atoms with Crippen LogP contribution in [-0.2, 0) is 10.0 Å². The second-order valence-electron chi connectivity index (χ2n) is 5.23. The van der Waals surface area contributed by atoms with Crippen molar-refractivity contribution in [1.29, 1.82) is 0 Å². The molecule has 1 atom stereocenters. The second-order valence-corrected chi connectivity index (χ2v) is 8.18. The van der Waals surface area contributed by atoms with Crippen molar-refractivity contribution in [3.63, 3.8) is 0 Å². The average Bonchev–Trinajstić information content (AvgIpc) is 3.25. The lowest BCUT2D eigenvalue weighted by Gasteiger charge is -2.21. The molecule has 1 fully saturated rings. The Balaban J connectivity index is 1.75. The molecule has 1 saturated heterocycles. The van der Waals surface area contributed by atoms with E-state index in [0.29, 0.717) is 6.54 Å². The van der Waals surface area contributed by atoms with Gasteiger partial charge in [-0.15, -0.1) is 11.3 Å². The van der Waals surface area contributed by atoms with Crippen molar-refractivity contribution in [2.24, 2.45) is 0 Å². The maximum atomic E-state index is 12.7. The van der Waals surface area contributed by atoms with Crippen LogP contribution in [0.15, 0.2) is 41.6 Å². The molecule has 0 bridgehead atoms. The Hall–Kier alpha value is -1.77. The van der Waals surface area contributed by atoms with E-state index in [0.717, 1.165) is 28.1 Å². The van der Waals surface area contributed by atoms with Gasteiger partial charge >= 0.3 is 0 Å². The molecule has 22 heavy (non-hydrogen) atoms. The highest BCUT2D eigenvalue weighted by Crippen LogP contribution is 2.39. The molecule has 0 spiro atoms. The van der Waals surface area contributed by atoms with Gasteiger partial charge in [0.15, 0.2) is 0 Å². The van der Waals surface area contributed by atoms with Crippen molar-refractivity contribution in [3.05, 3.63) is 41.7 Å². The molecule has 0 amide bonds. The molecule has 1 aliphatic heterocycles. The number of para-hydroxylation sites is 1. The van der Waals surface area contributed by atoms with Gasteiger partial charge in [0.25, 0.3) is 0 Å². The van der Waals surface area contributed by atoms with Gasteiger partial charge in [-0.05, 0) is 25.0 Å². The summed E-state index contributed by atoms with van der Waals surface area (Å²) in [4.78, 5) is 4.84. The Morgan fingerprint density at radius 1 is 1.32 bits per heavy atom. The quantitative estimate of drug-likeness (QED) is 0.798. The highest BCUT2D eigenvalue weighted by molar-refractivity contribution is 7.89. The second kappa shape index (κ2) is 5.15. The highest BCUT2D eigenvalue weighted by Gasteiger charge is 2.38. The van der Waals surface area contributed by atoms with Crippen molar-refractivity contribution in [1.82, 2.24) is 19.5 Å². The van der Waals surface area contributed by atoms with Crippen molar-refractivity contribution < 1.29 is 8.42 Å². The van der Waals surface area contributed by atoms with Gasteiger partial charge in [-0.25, -0.2) is 13.4 Å². The number of aromatic nitrogens is 3. The molecule has 0 aliphatic carbocycles. The molecule has 0 radical (unpaired) electrons. The van der Waals surface area contributed by atoms with Gasteiger partial charge in [-0.1, -0.05) is 12.1 Å². The summed E-state index contributed by atoms with van der Waals surface area (Å²) in [5, 5.41) is 7.18. The number of hydrogen-bond donors (Lipinski definition) is 1. The van der Waals surface area contributed by atoms with Gasteiger partial charge in [0.1, 0.15) is 9.90 Å². The third-order valence-electron chi connectivity index (χ3n) is 3.88. The SMILES string of the molecule is O=S(=O)(c1cn[nH]c1)N1CCC[C@@H]1c1nc2ccccc2s1. The van der Waals surface area contributed by atoms with Crippen molar-refractivity contribution in [2.75, 3.05) is 6.54 Å². The predicted octanol–water partition coefficient (Wildman–Crippen LogP) is 2.55. The molecule has 4 rings (SSSR count). The van der Waals surface area contributed by atoms with Gasteiger partial charge in [0.05, 0.1) is 22.5 Å². The largest absolute Gasteiger partial charge is 0.284 e. The van der Waals surface area contributed by atoms with E-state index in [4.69, 9.17) is 0 Å². The van der Waals surface area contributed by atoms with E-state index in [1.54, 1.807) is 15.6 Å². The fraction of sp³-hybridized carbons (Fsp3) is 0.286. The van der Waals surface area contributed by atoms with E-state index in [9.17, 15) is 8.42 Å². The van der Waals surface area contributed by atoms with Crippen LogP contribution < -0.4 is 0 Å². The minimum absolute atomic E-state index is 0.183. The first-order valence-corrected chi connectivity index (χ1v) is 9.28. The highest BCUT2D eigenvalue weighted by atomic mass is 32.2. The number of benzene rings is 1. The standard InChI is InChI=1S/C14H14N4O2S2/c19-22(20,10-8-15-16-9-10)18-7-3-5-12(18)14-17-11-4-1-2-6-13(11)21-14/h1-2,4,6,8-9,12H,3,5,7H2,(H,15,16)/t12-/m1/s1. The van der Waals surface area contributed by atoms with Crippen LogP contribution >= 0.6 is 11.3 Å². The summed E-state index contributed by atoms with van der Waals surface area (Å²) >= 11 is 1.57. The van der Waals surface area contributed by atoms with Gasteiger partial charge in [-0.3, -0.25) is 5.10 Å². The molecule has 3 aromatic rings. The van der Waals surface area contributed by atoms with Crippen LogP contribution in [0, 0.1) is 0 Å². The number of H-pyrrole nitrogens is 1. The zero-order valence-electron chi connectivity index (χ0n) is 11.6. The first kappa shape index (κ1) is 13.9. The number of nitrogens with zero attached hydrogens (tertiary/aromatic N) is 3. The van der Waals surface area contributed by atoms with E-state index in [2.05, 4.69) is 15.2 Å². The average molecular weight is 334 g/mol. The minimum Gasteiger partial charge on any atom is -0.284 e. The fourth-order valence-corrected chi connectivity index (χ4v) is 5.57. The summed E-state index contributed by atoms with van der Waals surface area (Å²) in [5.41, 5.74) is 0.926. The summed E-state index contributed by atoms with van der Waals surface area (Å²) in [6, 6.07) is 7.70. The lowest BCUT2D eigenvalue weighted by molar-refractivity contribution is 0.396. The third kappa shape index (κ3) is 2.15. The topological polar surface area (TPSA) is 79.0 Å². The lowest BCUT2D eigenvalue weighted by atomic mass is 10.2. The lowest BCUT2D eigenvalue weighted by Crippen LogP contribution is -2.30. The molecule has 1 N–H and O–H groups in total. The molecule has 1 aromatic carbocycles. The number of thiazole rings is 1. The van der Waals surface area contributed by atoms with E-state index < -0.39 is 10.0 Å². The van der Waals surface area contributed by atoms with Gasteiger partial charge in [0.2, 0.25) is 10.0 Å². The van der Waals surface area contributed by atoms with E-state index >= 15 is 0 Å². The Morgan fingerprint density at radius 3 is 2.95 bits per heavy atom. The van der Waals surface area contributed by atoms with Crippen LogP contribution in [0.4, 0.5) is 0 Å². The molecule has 0 saturated carbocycles. The summed E-state index contributed by atoms with van der Waals surface area (Å²) in [6.07, 6.45) is 4.42. The van der Waals surface area contributed by atoms with Crippen molar-refractivity contribution in [3.8, 4) is 0 Å². The first-order chi connectivity index (χ1) is 10.7. The molecule has 8 heteroatoms. The molecule has 114 valence electrons. The summed E-state index contributed by atoms with van der Waals surface area (Å²) in [7, 11) is -3.52. The summed E-state index contributed by atoms with van der Waals surface area (Å²) in [6.45, 7) is 0.522. The van der Waals surface area contributed by atoms with E-state index in [1.165, 1.54) is 12.4 Å². The third-order valence-corrected chi connectivity index (χ3v) is 6.89. The number of aromatic amines is 1. The number of nitrogens with one attached hydrogen (secondary N) is 1. The van der Waals surface area contributed by atoms with Crippen LogP contribution in [0.25, 0.3) is 10.2 Å². The number of sulfonamides is 1. The first-order valence-electron chi connectivity index (χ1n) is 7.02. The number of hydrogen-bond acceptors (Lipinski definition) is 5. The Kier molecular flexibility index (Phi) is 3.24. The van der Waals surface area contributed by atoms with Gasteiger partial charge in [0, 0.05) is 12.7 Å². The molecule has 3 heterocycles. The van der Waals surface area contributed by atoms with Gasteiger partial charge in [-0.2, -0.15) is 9.40 Å². The number of rotatable bonds is 3. The maximum Gasteiger partial charge on any atom is 0.246 e. The molecule has 2 aromatic heterocycles. The summed E-state index contributed by atoms with van der Waals surface area (Å²) < 4.78 is 28.1. The Bertz CT molecular complexity index is 869. The van der Waals surface area contributed by atoms with Crippen molar-refractivity contribution in [2.45, 2.75) is 23.8 Å². The van der Waals surface area contributed by atoms with Gasteiger partial charge < -0.3 is 0 Å². The monoisotopic (exact) mass is 334 g/mol. The minimum atomic E-state index is -3.52. The smallest absolute Gasteiger partial charge is 0.246 e. The van der Waals surface area contributed by atoms with Crippen LogP contribution in [0.3, 0.4) is 0 Å².